The van der Waals surface area contributed by atoms with Crippen molar-refractivity contribution < 1.29 is 32.5 Å². The van der Waals surface area contributed by atoms with E-state index in [1.807, 2.05) is 39.0 Å². The Hall–Kier alpha value is -3.88. The number of anilines is 3. The number of likely N-dealkylation sites (tertiary alicyclic amines) is 1. The molecule has 5 fully saturated rings. The normalized spacial score (nSPS) is 26.9. The molecule has 2 aromatic heterocycles. The number of nitrogens with one attached hydrogen (secondary N) is 1. The lowest BCUT2D eigenvalue weighted by molar-refractivity contribution is -0.0436. The summed E-state index contributed by atoms with van der Waals surface area (Å²) in [7, 11) is 0. The Morgan fingerprint density at radius 3 is 2.65 bits per heavy atom. The molecule has 12 nitrogen and oxygen atoms in total. The molecule has 1 N–H and O–H groups in total. The van der Waals surface area contributed by atoms with Gasteiger partial charge in [0.2, 0.25) is 0 Å². The van der Waals surface area contributed by atoms with Crippen molar-refractivity contribution in [3.8, 4) is 6.01 Å². The van der Waals surface area contributed by atoms with Crippen molar-refractivity contribution >= 4 is 34.3 Å². The largest absolute Gasteiger partial charge is 0.461 e. The van der Waals surface area contributed by atoms with Crippen molar-refractivity contribution in [1.82, 2.24) is 24.8 Å². The number of hydrogen-bond donors (Lipinski definition) is 1. The van der Waals surface area contributed by atoms with Crippen LogP contribution < -0.4 is 15.0 Å². The number of carbonyl (C=O) groups is 1. The topological polar surface area (TPSA) is 114 Å². The summed E-state index contributed by atoms with van der Waals surface area (Å²) < 4.78 is 55.2. The van der Waals surface area contributed by atoms with Gasteiger partial charge in [-0.15, -0.1) is 0 Å². The van der Waals surface area contributed by atoms with Crippen LogP contribution in [-0.2, 0) is 14.2 Å². The zero-order valence-electron chi connectivity index (χ0n) is 29.8. The molecular formula is C37H47F2N7O5. The highest BCUT2D eigenvalue weighted by Gasteiger charge is 2.49. The number of aromatic nitrogens is 3. The predicted molar refractivity (Wildman–Crippen MR) is 187 cm³/mol. The molecule has 0 radical (unpaired) electrons. The van der Waals surface area contributed by atoms with Crippen LogP contribution in [0.25, 0.3) is 10.9 Å². The lowest BCUT2D eigenvalue weighted by Crippen LogP contribution is -2.46. The molecule has 0 bridgehead atoms. The number of fused-ring (bicyclic) bond motifs is 2. The molecule has 3 aromatic rings. The molecule has 5 aliphatic heterocycles. The maximum absolute atomic E-state index is 16.9. The fourth-order valence-electron chi connectivity index (χ4n) is 8.37. The molecule has 5 saturated heterocycles. The molecule has 1 amide bonds. The molecule has 0 saturated carbocycles. The van der Waals surface area contributed by atoms with Crippen molar-refractivity contribution in [3.05, 3.63) is 41.3 Å². The van der Waals surface area contributed by atoms with Gasteiger partial charge in [-0.2, -0.15) is 4.98 Å². The number of ether oxygens (including phenoxy) is 4. The monoisotopic (exact) mass is 707 g/mol. The van der Waals surface area contributed by atoms with Gasteiger partial charge in [0.05, 0.1) is 35.9 Å². The molecule has 4 atom stereocenters. The minimum absolute atomic E-state index is 0.0219. The summed E-state index contributed by atoms with van der Waals surface area (Å²) in [4.78, 5) is 33.4. The summed E-state index contributed by atoms with van der Waals surface area (Å²) in [6, 6.07) is 5.63. The highest BCUT2D eigenvalue weighted by Crippen LogP contribution is 2.44. The number of para-hydroxylation sites is 1. The maximum Gasteiger partial charge on any atom is 0.410 e. The second kappa shape index (κ2) is 13.3. The van der Waals surface area contributed by atoms with Gasteiger partial charge in [-0.3, -0.25) is 4.90 Å². The van der Waals surface area contributed by atoms with E-state index in [0.29, 0.717) is 61.6 Å². The van der Waals surface area contributed by atoms with E-state index in [2.05, 4.69) is 32.0 Å². The summed E-state index contributed by atoms with van der Waals surface area (Å²) in [5.74, 6) is -0.116. The molecular weight excluding hydrogens is 660 g/mol. The number of benzene rings is 1. The Labute approximate surface area is 296 Å². The van der Waals surface area contributed by atoms with Crippen LogP contribution in [0.2, 0.25) is 0 Å². The third kappa shape index (κ3) is 6.43. The molecule has 14 heteroatoms. The van der Waals surface area contributed by atoms with Crippen LogP contribution in [0.4, 0.5) is 30.9 Å². The first kappa shape index (κ1) is 34.2. The van der Waals surface area contributed by atoms with E-state index in [0.717, 1.165) is 44.3 Å². The van der Waals surface area contributed by atoms with Gasteiger partial charge in [0.25, 0.3) is 0 Å². The van der Waals surface area contributed by atoms with Crippen LogP contribution in [0.5, 0.6) is 6.01 Å². The second-order valence-corrected chi connectivity index (χ2v) is 15.5. The van der Waals surface area contributed by atoms with Crippen LogP contribution in [0.3, 0.4) is 0 Å². The first-order chi connectivity index (χ1) is 24.5. The SMILES string of the molecule is C[C@H]1CCN1c1nc(Nc2c(C3OCCO3)cccc2C2CCCN2C(=O)OC(C)(C)C)c(F)c2nc(OC[C@@]34CCCN3C[C@H](F)C4)ncc12. The molecule has 5 aliphatic rings. The molecule has 8 rings (SSSR count). The van der Waals surface area contributed by atoms with Crippen LogP contribution in [0.1, 0.15) is 89.7 Å². The van der Waals surface area contributed by atoms with E-state index in [1.165, 1.54) is 0 Å². The lowest BCUT2D eigenvalue weighted by Gasteiger charge is -2.40. The van der Waals surface area contributed by atoms with Crippen LogP contribution >= 0.6 is 0 Å². The highest BCUT2D eigenvalue weighted by molar-refractivity contribution is 5.93. The number of hydrogen-bond acceptors (Lipinski definition) is 11. The van der Waals surface area contributed by atoms with Gasteiger partial charge < -0.3 is 34.1 Å². The Kier molecular flexibility index (Phi) is 8.90. The lowest BCUT2D eigenvalue weighted by atomic mass is 9.95. The number of amides is 1. The van der Waals surface area contributed by atoms with E-state index < -0.39 is 35.5 Å². The summed E-state index contributed by atoms with van der Waals surface area (Å²) in [5, 5.41) is 3.83. The van der Waals surface area contributed by atoms with Crippen molar-refractivity contribution in [2.45, 2.75) is 102 Å². The molecule has 51 heavy (non-hydrogen) atoms. The summed E-state index contributed by atoms with van der Waals surface area (Å²) in [6.45, 7) is 11.3. The van der Waals surface area contributed by atoms with Gasteiger partial charge in [0.1, 0.15) is 29.7 Å². The predicted octanol–water partition coefficient (Wildman–Crippen LogP) is 6.58. The van der Waals surface area contributed by atoms with Crippen LogP contribution in [0, 0.1) is 5.82 Å². The molecule has 0 spiro atoms. The summed E-state index contributed by atoms with van der Waals surface area (Å²) in [6.07, 6.45) is 4.30. The fraction of sp³-hybridized carbons (Fsp3) is 0.622. The molecule has 274 valence electrons. The minimum Gasteiger partial charge on any atom is -0.461 e. The van der Waals surface area contributed by atoms with Gasteiger partial charge in [-0.25, -0.2) is 23.5 Å². The average Bonchev–Trinajstić information content (AvgIpc) is 3.90. The first-order valence-electron chi connectivity index (χ1n) is 18.3. The molecule has 7 heterocycles. The van der Waals surface area contributed by atoms with Crippen molar-refractivity contribution in [1.29, 1.82) is 0 Å². The third-order valence-electron chi connectivity index (χ3n) is 11.0. The van der Waals surface area contributed by atoms with E-state index in [1.54, 1.807) is 11.1 Å². The molecule has 1 aromatic carbocycles. The van der Waals surface area contributed by atoms with Gasteiger partial charge in [-0.05, 0) is 71.9 Å². The number of rotatable bonds is 8. The van der Waals surface area contributed by atoms with Gasteiger partial charge in [0.15, 0.2) is 17.9 Å². The zero-order valence-corrected chi connectivity index (χ0v) is 29.8. The maximum atomic E-state index is 16.9. The summed E-state index contributed by atoms with van der Waals surface area (Å²) >= 11 is 0. The van der Waals surface area contributed by atoms with Gasteiger partial charge in [0, 0.05) is 43.9 Å². The Morgan fingerprint density at radius 1 is 1.10 bits per heavy atom. The van der Waals surface area contributed by atoms with Crippen molar-refractivity contribution in [2.24, 2.45) is 0 Å². The Bertz CT molecular complexity index is 1800. The highest BCUT2D eigenvalue weighted by atomic mass is 19.1. The van der Waals surface area contributed by atoms with Gasteiger partial charge in [-0.1, -0.05) is 18.2 Å². The van der Waals surface area contributed by atoms with Crippen molar-refractivity contribution in [2.75, 3.05) is 56.2 Å². The second-order valence-electron chi connectivity index (χ2n) is 15.5. The van der Waals surface area contributed by atoms with E-state index >= 15 is 4.39 Å². The Balaban J connectivity index is 1.18. The van der Waals surface area contributed by atoms with E-state index in [9.17, 15) is 9.18 Å². The first-order valence-corrected chi connectivity index (χ1v) is 18.3. The van der Waals surface area contributed by atoms with Crippen LogP contribution in [0.15, 0.2) is 24.4 Å². The number of nitrogens with zero attached hydrogens (tertiary/aromatic N) is 6. The van der Waals surface area contributed by atoms with Gasteiger partial charge >= 0.3 is 12.1 Å². The minimum atomic E-state index is -0.891. The summed E-state index contributed by atoms with van der Waals surface area (Å²) in [5.41, 5.74) is 1.05. The standard InChI is InChI=1S/C37H47F2N7O5/c1-22-11-15-45(22)32-26-19-40-34(50-21-37-12-7-13-44(37)20-23(38)18-37)42-30(26)28(39)31(43-32)41-29-24(8-5-9-25(29)33-48-16-17-49-33)27-10-6-14-46(27)35(47)51-36(2,3)4/h5,8-9,19,22-23,27,33H,6-7,10-18,20-21H2,1-4H3,(H,41,43)/t22-,23+,27?,37-/m0/s1. The van der Waals surface area contributed by atoms with E-state index in [4.69, 9.17) is 23.9 Å². The average molecular weight is 708 g/mol. The number of pyridine rings is 1. The molecule has 0 aliphatic carbocycles. The quantitative estimate of drug-likeness (QED) is 0.274. The van der Waals surface area contributed by atoms with E-state index in [-0.39, 0.29) is 36.0 Å². The van der Waals surface area contributed by atoms with Crippen molar-refractivity contribution in [3.63, 3.8) is 0 Å². The fourth-order valence-corrected chi connectivity index (χ4v) is 8.37. The molecule has 1 unspecified atom stereocenters. The smallest absolute Gasteiger partial charge is 0.410 e. The zero-order chi connectivity index (χ0) is 35.5. The number of carbonyl (C=O) groups excluding carboxylic acids is 1. The number of alkyl halides is 1. The van der Waals surface area contributed by atoms with Crippen LogP contribution in [-0.4, -0.2) is 100 Å². The number of halogens is 2. The third-order valence-corrected chi connectivity index (χ3v) is 11.0. The Morgan fingerprint density at radius 2 is 1.90 bits per heavy atom.